The van der Waals surface area contributed by atoms with E-state index in [9.17, 15) is 39.5 Å². The number of hydrogen-bond donors (Lipinski definition) is 6. The molecule has 6 atom stereocenters. The maximum atomic E-state index is 12.6. The van der Waals surface area contributed by atoms with E-state index >= 15 is 0 Å². The quantitative estimate of drug-likeness (QED) is 0.0117. The van der Waals surface area contributed by atoms with Gasteiger partial charge in [-0.1, -0.05) is 131 Å². The lowest BCUT2D eigenvalue weighted by molar-refractivity contribution is -0.161. The van der Waals surface area contributed by atoms with E-state index < -0.39 is 76.7 Å². The van der Waals surface area contributed by atoms with Crippen molar-refractivity contribution in [1.82, 2.24) is 0 Å². The molecule has 13 nitrogen and oxygen atoms in total. The molecule has 0 aromatic carbocycles. The molecule has 0 heterocycles. The second kappa shape index (κ2) is 38.2. The highest BCUT2D eigenvalue weighted by Gasteiger charge is 2.27. The number of carbonyl (C=O) groups is 2. The monoisotopic (exact) mass is 840 g/mol. The minimum Gasteiger partial charge on any atom is -0.462 e. The summed E-state index contributed by atoms with van der Waals surface area (Å²) in [6.45, 7) is 1.72. The molecule has 332 valence electrons. The number of phosphoric acid groups is 1. The van der Waals surface area contributed by atoms with Crippen molar-refractivity contribution in [3.8, 4) is 0 Å². The number of rotatable bonds is 37. The molecule has 0 aromatic rings. The number of unbranched alkanes of at least 4 members (excludes halogenated alkanes) is 8. The van der Waals surface area contributed by atoms with Gasteiger partial charge in [0.2, 0.25) is 0 Å². The maximum absolute atomic E-state index is 12.6. The molecular weight excluding hydrogens is 767 g/mol. The summed E-state index contributed by atoms with van der Waals surface area (Å²) in [6.07, 6.45) is 33.5. The van der Waals surface area contributed by atoms with Crippen LogP contribution in [-0.4, -0.2) is 99.3 Å². The fourth-order valence-corrected chi connectivity index (χ4v) is 5.80. The maximum Gasteiger partial charge on any atom is 0.472 e. The summed E-state index contributed by atoms with van der Waals surface area (Å²) in [7, 11) is -4.72. The van der Waals surface area contributed by atoms with Gasteiger partial charge in [-0.05, 0) is 64.2 Å². The van der Waals surface area contributed by atoms with Gasteiger partial charge in [-0.25, -0.2) is 4.57 Å². The summed E-state index contributed by atoms with van der Waals surface area (Å²) in [4.78, 5) is 35.0. The van der Waals surface area contributed by atoms with Crippen molar-refractivity contribution in [2.45, 2.75) is 154 Å². The number of aliphatic hydroxyl groups excluding tert-OH is 5. The van der Waals surface area contributed by atoms with E-state index in [0.717, 1.165) is 51.4 Å². The van der Waals surface area contributed by atoms with Crippen molar-refractivity contribution < 1.29 is 63.1 Å². The molecule has 0 aromatic heterocycles. The molecule has 0 rings (SSSR count). The highest BCUT2D eigenvalue weighted by molar-refractivity contribution is 7.47. The Balaban J connectivity index is 4.71. The summed E-state index contributed by atoms with van der Waals surface area (Å²) in [5.41, 5.74) is 0. The zero-order valence-electron chi connectivity index (χ0n) is 34.8. The Morgan fingerprint density at radius 1 is 0.655 bits per heavy atom. The first-order valence-corrected chi connectivity index (χ1v) is 22.4. The van der Waals surface area contributed by atoms with Gasteiger partial charge in [0.25, 0.3) is 0 Å². The molecule has 0 aliphatic heterocycles. The van der Waals surface area contributed by atoms with Crippen molar-refractivity contribution >= 4 is 19.8 Å². The number of aliphatic hydroxyl groups is 5. The predicted octanol–water partition coefficient (Wildman–Crippen LogP) is 7.58. The van der Waals surface area contributed by atoms with E-state index in [1.165, 1.54) is 25.3 Å². The fraction of sp³-hybridized carbons (Fsp3) is 0.636. The van der Waals surface area contributed by atoms with Crippen molar-refractivity contribution in [3.63, 3.8) is 0 Å². The number of carbonyl (C=O) groups excluding carboxylic acids is 2. The topological polar surface area (TPSA) is 210 Å². The highest BCUT2D eigenvalue weighted by atomic mass is 31.2. The number of ether oxygens (including phenoxy) is 2. The smallest absolute Gasteiger partial charge is 0.462 e. The molecule has 14 heteroatoms. The minimum absolute atomic E-state index is 0.0569. The molecule has 0 bridgehead atoms. The zero-order chi connectivity index (χ0) is 43.1. The molecule has 0 spiro atoms. The molecule has 0 aliphatic carbocycles. The van der Waals surface area contributed by atoms with Crippen LogP contribution in [0, 0.1) is 0 Å². The Hall–Kier alpha value is -2.97. The first-order valence-electron chi connectivity index (χ1n) is 20.9. The molecule has 0 amide bonds. The standard InChI is InChI=1S/C44H73O13P/c1-3-5-7-8-9-10-11-12-13-14-15-16-17-22-26-32-43(50)54-36-40(37-56-58(52,53)55-35-39(47)34-45)57-44(51)33-27-31-42(49)41(48)30-25-21-19-18-20-24-29-38(46)28-23-6-4-2/h6,9-10,12-13,18-21,23-25,29-30,38-42,45-49H,3-5,7-8,11,14-17,22,26-28,31-37H2,1-2H3,(H,52,53)/b10-9-,13-12-,20-18+,21-19-,23-6-,29-24+,30-25-/t38-,39-,40+,41+,42+/m0/s1. The van der Waals surface area contributed by atoms with Crippen molar-refractivity contribution in [1.29, 1.82) is 0 Å². The SMILES string of the molecule is CC/C=C\C[C@H](O)/C=C/C=C/C=C\C=C/[C@@H](O)[C@H](O)CCCC(=O)O[C@H](COC(=O)CCCCCCC/C=C\C/C=C\CCCCC)COP(=O)(O)OC[C@@H](O)CO. The lowest BCUT2D eigenvalue weighted by Crippen LogP contribution is -2.30. The van der Waals surface area contributed by atoms with Crippen molar-refractivity contribution in [2.75, 3.05) is 26.4 Å². The van der Waals surface area contributed by atoms with Crippen molar-refractivity contribution in [3.05, 3.63) is 85.1 Å². The van der Waals surface area contributed by atoms with Crippen LogP contribution in [0.25, 0.3) is 0 Å². The molecule has 1 unspecified atom stereocenters. The Morgan fingerprint density at radius 2 is 1.26 bits per heavy atom. The van der Waals surface area contributed by atoms with E-state index in [4.69, 9.17) is 19.1 Å². The van der Waals surface area contributed by atoms with Crippen molar-refractivity contribution in [2.24, 2.45) is 0 Å². The molecule has 0 saturated carbocycles. The van der Waals surface area contributed by atoms with Crippen LogP contribution in [0.4, 0.5) is 0 Å². The van der Waals surface area contributed by atoms with E-state index in [2.05, 4.69) is 35.8 Å². The van der Waals surface area contributed by atoms with Crippen LogP contribution in [0.2, 0.25) is 0 Å². The van der Waals surface area contributed by atoms with Gasteiger partial charge in [-0.3, -0.25) is 18.6 Å². The Kier molecular flexibility index (Phi) is 36.3. The largest absolute Gasteiger partial charge is 0.472 e. The number of hydrogen-bond acceptors (Lipinski definition) is 12. The number of esters is 2. The van der Waals surface area contributed by atoms with Gasteiger partial charge in [-0.2, -0.15) is 0 Å². The lowest BCUT2D eigenvalue weighted by atomic mass is 10.1. The molecule has 0 saturated heterocycles. The van der Waals surface area contributed by atoms with Crippen LogP contribution in [0.3, 0.4) is 0 Å². The van der Waals surface area contributed by atoms with Gasteiger partial charge < -0.3 is 39.9 Å². The average Bonchev–Trinajstić information content (AvgIpc) is 3.20. The van der Waals surface area contributed by atoms with E-state index in [-0.39, 0.29) is 25.7 Å². The van der Waals surface area contributed by atoms with Gasteiger partial charge in [0.15, 0.2) is 6.10 Å². The van der Waals surface area contributed by atoms with E-state index in [1.807, 2.05) is 19.1 Å². The van der Waals surface area contributed by atoms with Crippen LogP contribution >= 0.6 is 7.82 Å². The molecular formula is C44H73O13P. The fourth-order valence-electron chi connectivity index (χ4n) is 5.01. The van der Waals surface area contributed by atoms with Crippen LogP contribution in [-0.2, 0) is 32.7 Å². The third kappa shape index (κ3) is 36.1. The molecule has 6 N–H and O–H groups in total. The van der Waals surface area contributed by atoms with Gasteiger partial charge >= 0.3 is 19.8 Å². The first-order chi connectivity index (χ1) is 27.9. The predicted molar refractivity (Wildman–Crippen MR) is 227 cm³/mol. The molecule has 0 aliphatic rings. The minimum atomic E-state index is -4.72. The summed E-state index contributed by atoms with van der Waals surface area (Å²) in [5, 5.41) is 48.7. The van der Waals surface area contributed by atoms with Gasteiger partial charge in [0.05, 0.1) is 38.1 Å². The van der Waals surface area contributed by atoms with Gasteiger partial charge in [-0.15, -0.1) is 0 Å². The first kappa shape index (κ1) is 55.0. The third-order valence-electron chi connectivity index (χ3n) is 8.38. The van der Waals surface area contributed by atoms with E-state index in [0.29, 0.717) is 12.8 Å². The second-order valence-corrected chi connectivity index (χ2v) is 15.3. The van der Waals surface area contributed by atoms with Crippen LogP contribution in [0.15, 0.2) is 85.1 Å². The van der Waals surface area contributed by atoms with Crippen LogP contribution < -0.4 is 0 Å². The zero-order valence-corrected chi connectivity index (χ0v) is 35.7. The summed E-state index contributed by atoms with van der Waals surface area (Å²) in [6, 6.07) is 0. The normalized spacial score (nSPS) is 16.3. The Labute approximate surface area is 347 Å². The van der Waals surface area contributed by atoms with E-state index in [1.54, 1.807) is 42.5 Å². The second-order valence-electron chi connectivity index (χ2n) is 13.8. The molecule has 0 radical (unpaired) electrons. The third-order valence-corrected chi connectivity index (χ3v) is 9.33. The van der Waals surface area contributed by atoms with Gasteiger partial charge in [0, 0.05) is 12.8 Å². The molecule has 0 fully saturated rings. The Bertz CT molecular complexity index is 1290. The summed E-state index contributed by atoms with van der Waals surface area (Å²) in [5.74, 6) is -1.28. The highest BCUT2D eigenvalue weighted by Crippen LogP contribution is 2.43. The van der Waals surface area contributed by atoms with Gasteiger partial charge in [0.1, 0.15) is 12.7 Å². The summed E-state index contributed by atoms with van der Waals surface area (Å²) >= 11 is 0. The Morgan fingerprint density at radius 3 is 1.93 bits per heavy atom. The van der Waals surface area contributed by atoms with Crippen LogP contribution in [0.5, 0.6) is 0 Å². The number of allylic oxidation sites excluding steroid dienone is 11. The average molecular weight is 841 g/mol. The lowest BCUT2D eigenvalue weighted by Gasteiger charge is -2.20. The van der Waals surface area contributed by atoms with Crippen LogP contribution in [0.1, 0.15) is 123 Å². The number of phosphoric ester groups is 1. The molecule has 58 heavy (non-hydrogen) atoms. The summed E-state index contributed by atoms with van der Waals surface area (Å²) < 4.78 is 32.4.